The molecule has 7 heteroatoms. The second kappa shape index (κ2) is 7.84. The first kappa shape index (κ1) is 19.0. The number of hydrogen-bond donors (Lipinski definition) is 1. The first-order chi connectivity index (χ1) is 12.8. The maximum Gasteiger partial charge on any atom is 0.417 e. The lowest BCUT2D eigenvalue weighted by Crippen LogP contribution is -2.18. The molecular formula is C20H13BrF3NO2. The Morgan fingerprint density at radius 2 is 1.41 bits per heavy atom. The molecule has 0 radical (unpaired) electrons. The van der Waals surface area contributed by atoms with Gasteiger partial charge in [-0.05, 0) is 60.7 Å². The Morgan fingerprint density at radius 1 is 0.852 bits per heavy atom. The third-order valence-corrected chi connectivity index (χ3v) is 4.17. The number of rotatable bonds is 4. The van der Waals surface area contributed by atoms with Gasteiger partial charge in [-0.25, -0.2) is 0 Å². The van der Waals surface area contributed by atoms with Crippen LogP contribution in [0.15, 0.2) is 77.3 Å². The van der Waals surface area contributed by atoms with Crippen molar-refractivity contribution in [2.75, 3.05) is 5.32 Å². The van der Waals surface area contributed by atoms with Gasteiger partial charge in [0.25, 0.3) is 5.91 Å². The average molecular weight is 436 g/mol. The Bertz CT molecular complexity index is 939. The zero-order valence-electron chi connectivity index (χ0n) is 13.8. The van der Waals surface area contributed by atoms with E-state index in [-0.39, 0.29) is 0 Å². The maximum absolute atomic E-state index is 13.0. The summed E-state index contributed by atoms with van der Waals surface area (Å²) in [6, 6.07) is 18.2. The number of halogens is 4. The number of anilines is 1. The minimum Gasteiger partial charge on any atom is -0.457 e. The highest BCUT2D eigenvalue weighted by molar-refractivity contribution is 9.10. The zero-order valence-corrected chi connectivity index (χ0v) is 15.3. The lowest BCUT2D eigenvalue weighted by atomic mass is 10.1. The lowest BCUT2D eigenvalue weighted by molar-refractivity contribution is -0.137. The van der Waals surface area contributed by atoms with Crippen LogP contribution in [0.2, 0.25) is 0 Å². The molecule has 0 bridgehead atoms. The number of hydrogen-bond acceptors (Lipinski definition) is 2. The SMILES string of the molecule is O=C(Nc1ccc(Oc2ccc(Br)cc2)cc1)c1ccccc1C(F)(F)F. The van der Waals surface area contributed by atoms with Crippen LogP contribution < -0.4 is 10.1 Å². The van der Waals surface area contributed by atoms with E-state index in [1.165, 1.54) is 12.1 Å². The fourth-order valence-corrected chi connectivity index (χ4v) is 2.64. The Morgan fingerprint density at radius 3 is 2.00 bits per heavy atom. The average Bonchev–Trinajstić information content (AvgIpc) is 2.64. The molecule has 3 aromatic carbocycles. The molecule has 0 aliphatic rings. The number of nitrogens with one attached hydrogen (secondary N) is 1. The van der Waals surface area contributed by atoms with Crippen molar-refractivity contribution in [1.82, 2.24) is 0 Å². The Hall–Kier alpha value is -2.80. The summed E-state index contributed by atoms with van der Waals surface area (Å²) in [5, 5.41) is 2.47. The van der Waals surface area contributed by atoms with Crippen LogP contribution in [0.25, 0.3) is 0 Å². The molecule has 0 saturated heterocycles. The molecule has 0 aliphatic heterocycles. The first-order valence-electron chi connectivity index (χ1n) is 7.84. The number of amides is 1. The van der Waals surface area contributed by atoms with E-state index in [1.54, 1.807) is 36.4 Å². The third kappa shape index (κ3) is 4.89. The molecule has 3 nitrogen and oxygen atoms in total. The zero-order chi connectivity index (χ0) is 19.4. The molecule has 0 aliphatic carbocycles. The fourth-order valence-electron chi connectivity index (χ4n) is 2.37. The maximum atomic E-state index is 13.0. The fraction of sp³-hybridized carbons (Fsp3) is 0.0500. The largest absolute Gasteiger partial charge is 0.457 e. The van der Waals surface area contributed by atoms with Gasteiger partial charge in [-0.1, -0.05) is 28.1 Å². The van der Waals surface area contributed by atoms with Crippen molar-refractivity contribution in [1.29, 1.82) is 0 Å². The Labute approximate surface area is 161 Å². The van der Waals surface area contributed by atoms with Crippen LogP contribution >= 0.6 is 15.9 Å². The van der Waals surface area contributed by atoms with Crippen molar-refractivity contribution in [3.63, 3.8) is 0 Å². The molecule has 0 fully saturated rings. The molecule has 0 atom stereocenters. The molecule has 0 aromatic heterocycles. The van der Waals surface area contributed by atoms with Crippen molar-refractivity contribution >= 4 is 27.5 Å². The molecule has 3 aromatic rings. The minimum absolute atomic E-state index is 0.361. The monoisotopic (exact) mass is 435 g/mol. The van der Waals surface area contributed by atoms with Gasteiger partial charge in [0.1, 0.15) is 11.5 Å². The van der Waals surface area contributed by atoms with Gasteiger partial charge in [0.05, 0.1) is 11.1 Å². The molecule has 1 N–H and O–H groups in total. The summed E-state index contributed by atoms with van der Waals surface area (Å²) in [7, 11) is 0. The summed E-state index contributed by atoms with van der Waals surface area (Å²) in [6.07, 6.45) is -4.60. The van der Waals surface area contributed by atoms with E-state index in [9.17, 15) is 18.0 Å². The van der Waals surface area contributed by atoms with Crippen LogP contribution in [0.5, 0.6) is 11.5 Å². The van der Waals surface area contributed by atoms with E-state index in [1.807, 2.05) is 12.1 Å². The molecule has 0 unspecified atom stereocenters. The van der Waals surface area contributed by atoms with Crippen molar-refractivity contribution in [3.05, 3.63) is 88.4 Å². The van der Waals surface area contributed by atoms with E-state index in [4.69, 9.17) is 4.74 Å². The van der Waals surface area contributed by atoms with Crippen molar-refractivity contribution in [3.8, 4) is 11.5 Å². The van der Waals surface area contributed by atoms with Crippen molar-refractivity contribution < 1.29 is 22.7 Å². The quantitative estimate of drug-likeness (QED) is 0.506. The van der Waals surface area contributed by atoms with E-state index in [0.29, 0.717) is 17.2 Å². The lowest BCUT2D eigenvalue weighted by Gasteiger charge is -2.13. The van der Waals surface area contributed by atoms with E-state index >= 15 is 0 Å². The second-order valence-corrected chi connectivity index (χ2v) is 6.49. The highest BCUT2D eigenvalue weighted by Crippen LogP contribution is 2.32. The van der Waals surface area contributed by atoms with E-state index < -0.39 is 23.2 Å². The molecule has 27 heavy (non-hydrogen) atoms. The van der Waals surface area contributed by atoms with Gasteiger partial charge in [0, 0.05) is 10.2 Å². The standard InChI is InChI=1S/C20H13BrF3NO2/c21-13-5-9-15(10-6-13)27-16-11-7-14(8-12-16)25-19(26)17-3-1-2-4-18(17)20(22,23)24/h1-12H,(H,25,26). The van der Waals surface area contributed by atoms with Crippen LogP contribution in [0.3, 0.4) is 0 Å². The van der Waals surface area contributed by atoms with Crippen LogP contribution in [0, 0.1) is 0 Å². The third-order valence-electron chi connectivity index (χ3n) is 3.64. The molecular weight excluding hydrogens is 423 g/mol. The van der Waals surface area contributed by atoms with Gasteiger partial charge in [-0.3, -0.25) is 4.79 Å². The predicted molar refractivity (Wildman–Crippen MR) is 100 cm³/mol. The highest BCUT2D eigenvalue weighted by atomic mass is 79.9. The molecule has 0 heterocycles. The van der Waals surface area contributed by atoms with E-state index in [0.717, 1.165) is 16.6 Å². The number of ether oxygens (including phenoxy) is 1. The van der Waals surface area contributed by atoms with Crippen LogP contribution in [-0.2, 0) is 6.18 Å². The van der Waals surface area contributed by atoms with Gasteiger partial charge >= 0.3 is 6.18 Å². The number of benzene rings is 3. The first-order valence-corrected chi connectivity index (χ1v) is 8.63. The van der Waals surface area contributed by atoms with Gasteiger partial charge in [-0.15, -0.1) is 0 Å². The summed E-state index contributed by atoms with van der Waals surface area (Å²) < 4.78 is 45.7. The Kier molecular flexibility index (Phi) is 5.51. The molecule has 138 valence electrons. The Balaban J connectivity index is 1.72. The van der Waals surface area contributed by atoms with Crippen molar-refractivity contribution in [2.45, 2.75) is 6.18 Å². The summed E-state index contributed by atoms with van der Waals surface area (Å²) in [5.74, 6) is 0.338. The van der Waals surface area contributed by atoms with Gasteiger partial charge in [0.15, 0.2) is 0 Å². The highest BCUT2D eigenvalue weighted by Gasteiger charge is 2.34. The summed E-state index contributed by atoms with van der Waals surface area (Å²) in [6.45, 7) is 0. The van der Waals surface area contributed by atoms with Gasteiger partial charge in [-0.2, -0.15) is 13.2 Å². The minimum atomic E-state index is -4.60. The molecule has 1 amide bonds. The smallest absolute Gasteiger partial charge is 0.417 e. The number of carbonyl (C=O) groups is 1. The van der Waals surface area contributed by atoms with Gasteiger partial charge < -0.3 is 10.1 Å². The second-order valence-electron chi connectivity index (χ2n) is 5.58. The topological polar surface area (TPSA) is 38.3 Å². The van der Waals surface area contributed by atoms with Crippen molar-refractivity contribution in [2.24, 2.45) is 0 Å². The summed E-state index contributed by atoms with van der Waals surface area (Å²) in [4.78, 5) is 12.2. The van der Waals surface area contributed by atoms with Crippen LogP contribution in [0.4, 0.5) is 18.9 Å². The van der Waals surface area contributed by atoms with Crippen LogP contribution in [0.1, 0.15) is 15.9 Å². The number of carbonyl (C=O) groups excluding carboxylic acids is 1. The molecule has 0 saturated carbocycles. The number of alkyl halides is 3. The summed E-state index contributed by atoms with van der Waals surface area (Å²) >= 11 is 3.33. The molecule has 0 spiro atoms. The normalized spacial score (nSPS) is 11.1. The predicted octanol–water partition coefficient (Wildman–Crippen LogP) is 6.51. The summed E-state index contributed by atoms with van der Waals surface area (Å²) in [5.41, 5.74) is -1.04. The van der Waals surface area contributed by atoms with Gasteiger partial charge in [0.2, 0.25) is 0 Å². The molecule has 3 rings (SSSR count). The van der Waals surface area contributed by atoms with Crippen LogP contribution in [-0.4, -0.2) is 5.91 Å². The van der Waals surface area contributed by atoms with E-state index in [2.05, 4.69) is 21.2 Å².